The summed E-state index contributed by atoms with van der Waals surface area (Å²) in [6, 6.07) is 1.83. The van der Waals surface area contributed by atoms with Crippen LogP contribution >= 0.6 is 43.2 Å². The Morgan fingerprint density at radius 3 is 2.65 bits per heavy atom. The van der Waals surface area contributed by atoms with E-state index in [0.717, 1.165) is 9.35 Å². The lowest BCUT2D eigenvalue weighted by molar-refractivity contribution is 0.103. The summed E-state index contributed by atoms with van der Waals surface area (Å²) in [6.07, 6.45) is 3.03. The monoisotopic (exact) mass is 375 g/mol. The number of anilines is 1. The highest BCUT2D eigenvalue weighted by molar-refractivity contribution is 9.11. The van der Waals surface area contributed by atoms with Crippen molar-refractivity contribution < 1.29 is 4.79 Å². The molecule has 88 valence electrons. The maximum absolute atomic E-state index is 11.9. The summed E-state index contributed by atoms with van der Waals surface area (Å²) in [5, 5.41) is 2.68. The van der Waals surface area contributed by atoms with Gasteiger partial charge in [0.2, 0.25) is 0 Å². The van der Waals surface area contributed by atoms with Crippen molar-refractivity contribution >= 4 is 54.9 Å². The molecule has 0 aliphatic rings. The van der Waals surface area contributed by atoms with Crippen LogP contribution in [0.5, 0.6) is 0 Å². The van der Waals surface area contributed by atoms with Gasteiger partial charge in [0.05, 0.1) is 21.1 Å². The molecule has 0 saturated heterocycles. The highest BCUT2D eigenvalue weighted by Gasteiger charge is 2.11. The molecule has 17 heavy (non-hydrogen) atoms. The second-order valence-corrected chi connectivity index (χ2v) is 6.43. The molecule has 2 rings (SSSR count). The lowest BCUT2D eigenvalue weighted by Gasteiger charge is -2.01. The smallest absolute Gasteiger partial charge is 0.266 e. The van der Waals surface area contributed by atoms with E-state index in [1.54, 1.807) is 0 Å². The zero-order chi connectivity index (χ0) is 12.4. The molecular formula is C10H7Br2N3OS. The summed E-state index contributed by atoms with van der Waals surface area (Å²) in [7, 11) is 0. The standard InChI is InChI=1S/C10H7Br2N3OS/c1-5-2-6(17-9(5)12)10(16)15-8-4-13-7(11)3-14-8/h2-4H,1H3,(H,14,15,16). The van der Waals surface area contributed by atoms with E-state index in [1.807, 2.05) is 13.0 Å². The predicted octanol–water partition coefficient (Wildman–Crippen LogP) is 3.62. The predicted molar refractivity (Wildman–Crippen MR) is 74.4 cm³/mol. The number of nitrogens with one attached hydrogen (secondary N) is 1. The van der Waals surface area contributed by atoms with Gasteiger partial charge >= 0.3 is 0 Å². The van der Waals surface area contributed by atoms with Crippen LogP contribution in [0.15, 0.2) is 26.8 Å². The van der Waals surface area contributed by atoms with E-state index < -0.39 is 0 Å². The van der Waals surface area contributed by atoms with Crippen LogP contribution in [0.4, 0.5) is 5.82 Å². The third-order valence-electron chi connectivity index (χ3n) is 1.94. The number of halogens is 2. The summed E-state index contributed by atoms with van der Waals surface area (Å²) in [6.45, 7) is 1.94. The maximum atomic E-state index is 11.9. The molecule has 0 saturated carbocycles. The number of amides is 1. The van der Waals surface area contributed by atoms with Crippen molar-refractivity contribution in [3.8, 4) is 0 Å². The molecule has 0 radical (unpaired) electrons. The fourth-order valence-electron chi connectivity index (χ4n) is 1.13. The highest BCUT2D eigenvalue weighted by Crippen LogP contribution is 2.27. The van der Waals surface area contributed by atoms with Gasteiger partial charge in [0, 0.05) is 0 Å². The van der Waals surface area contributed by atoms with E-state index in [2.05, 4.69) is 47.1 Å². The maximum Gasteiger partial charge on any atom is 0.266 e. The van der Waals surface area contributed by atoms with E-state index in [1.165, 1.54) is 23.7 Å². The summed E-state index contributed by atoms with van der Waals surface area (Å²) in [5.41, 5.74) is 1.04. The summed E-state index contributed by atoms with van der Waals surface area (Å²) in [5.74, 6) is 0.251. The largest absolute Gasteiger partial charge is 0.305 e. The van der Waals surface area contributed by atoms with Crippen molar-refractivity contribution in [2.24, 2.45) is 0 Å². The third kappa shape index (κ3) is 3.11. The second kappa shape index (κ2) is 5.24. The van der Waals surface area contributed by atoms with Crippen LogP contribution in [0.1, 0.15) is 15.2 Å². The lowest BCUT2D eigenvalue weighted by atomic mass is 10.3. The van der Waals surface area contributed by atoms with Gasteiger partial charge in [-0.05, 0) is 50.4 Å². The molecule has 0 aliphatic heterocycles. The zero-order valence-corrected chi connectivity index (χ0v) is 12.7. The number of thiophene rings is 1. The average Bonchev–Trinajstić information content (AvgIpc) is 2.63. The molecule has 0 aliphatic carbocycles. The number of carbonyl (C=O) groups is 1. The average molecular weight is 377 g/mol. The Kier molecular flexibility index (Phi) is 3.90. The van der Waals surface area contributed by atoms with Gasteiger partial charge in [-0.25, -0.2) is 9.97 Å². The van der Waals surface area contributed by atoms with Crippen LogP contribution < -0.4 is 5.32 Å². The van der Waals surface area contributed by atoms with Gasteiger partial charge in [0.25, 0.3) is 5.91 Å². The van der Waals surface area contributed by atoms with Gasteiger partial charge in [0.15, 0.2) is 5.82 Å². The van der Waals surface area contributed by atoms with Crippen LogP contribution in [-0.2, 0) is 0 Å². The number of hydrogen-bond acceptors (Lipinski definition) is 4. The second-order valence-electron chi connectivity index (χ2n) is 3.25. The first kappa shape index (κ1) is 12.7. The number of rotatable bonds is 2. The Hall–Kier alpha value is -0.790. The SMILES string of the molecule is Cc1cc(C(=O)Nc2cnc(Br)cn2)sc1Br. The van der Waals surface area contributed by atoms with Crippen LogP contribution in [0.25, 0.3) is 0 Å². The Morgan fingerprint density at radius 1 is 1.35 bits per heavy atom. The van der Waals surface area contributed by atoms with Crippen LogP contribution in [0, 0.1) is 6.92 Å². The van der Waals surface area contributed by atoms with E-state index >= 15 is 0 Å². The number of nitrogens with zero attached hydrogens (tertiary/aromatic N) is 2. The lowest BCUT2D eigenvalue weighted by Crippen LogP contribution is -2.11. The Labute approximate surface area is 119 Å². The molecule has 0 fully saturated rings. The molecule has 0 unspecified atom stereocenters. The van der Waals surface area contributed by atoms with Gasteiger partial charge in [-0.1, -0.05) is 0 Å². The van der Waals surface area contributed by atoms with E-state index in [0.29, 0.717) is 15.3 Å². The van der Waals surface area contributed by atoms with Crippen LogP contribution in [0.3, 0.4) is 0 Å². The first-order chi connectivity index (χ1) is 8.06. The molecular weight excluding hydrogens is 370 g/mol. The number of aryl methyl sites for hydroxylation is 1. The van der Waals surface area contributed by atoms with Gasteiger partial charge in [0.1, 0.15) is 4.60 Å². The summed E-state index contributed by atoms with van der Waals surface area (Å²) >= 11 is 7.95. The molecule has 2 aromatic rings. The molecule has 2 heterocycles. The van der Waals surface area contributed by atoms with Crippen molar-refractivity contribution in [1.82, 2.24) is 9.97 Å². The zero-order valence-electron chi connectivity index (χ0n) is 8.70. The Bertz CT molecular complexity index is 534. The van der Waals surface area contributed by atoms with E-state index in [9.17, 15) is 4.79 Å². The molecule has 0 bridgehead atoms. The number of hydrogen-bond donors (Lipinski definition) is 1. The molecule has 1 N–H and O–H groups in total. The van der Waals surface area contributed by atoms with Gasteiger partial charge in [-0.3, -0.25) is 4.79 Å². The molecule has 1 amide bonds. The van der Waals surface area contributed by atoms with E-state index in [4.69, 9.17) is 0 Å². The normalized spacial score (nSPS) is 10.3. The Morgan fingerprint density at radius 2 is 2.12 bits per heavy atom. The molecule has 2 aromatic heterocycles. The van der Waals surface area contributed by atoms with Crippen LogP contribution in [-0.4, -0.2) is 15.9 Å². The molecule has 4 nitrogen and oxygen atoms in total. The summed E-state index contributed by atoms with van der Waals surface area (Å²) in [4.78, 5) is 20.5. The highest BCUT2D eigenvalue weighted by atomic mass is 79.9. The quantitative estimate of drug-likeness (QED) is 0.870. The van der Waals surface area contributed by atoms with Crippen molar-refractivity contribution in [2.45, 2.75) is 6.92 Å². The first-order valence-electron chi connectivity index (χ1n) is 4.61. The topological polar surface area (TPSA) is 54.9 Å². The van der Waals surface area contributed by atoms with Crippen molar-refractivity contribution in [2.75, 3.05) is 5.32 Å². The molecule has 7 heteroatoms. The number of aromatic nitrogens is 2. The van der Waals surface area contributed by atoms with E-state index in [-0.39, 0.29) is 5.91 Å². The van der Waals surface area contributed by atoms with Crippen molar-refractivity contribution in [3.05, 3.63) is 37.3 Å². The minimum absolute atomic E-state index is 0.180. The molecule has 0 spiro atoms. The fraction of sp³-hybridized carbons (Fsp3) is 0.100. The van der Waals surface area contributed by atoms with Crippen LogP contribution in [0.2, 0.25) is 0 Å². The van der Waals surface area contributed by atoms with Gasteiger partial charge in [-0.2, -0.15) is 0 Å². The molecule has 0 aromatic carbocycles. The minimum Gasteiger partial charge on any atom is -0.305 e. The van der Waals surface area contributed by atoms with Crippen molar-refractivity contribution in [1.29, 1.82) is 0 Å². The minimum atomic E-state index is -0.180. The fourth-order valence-corrected chi connectivity index (χ4v) is 2.76. The summed E-state index contributed by atoms with van der Waals surface area (Å²) < 4.78 is 1.59. The van der Waals surface area contributed by atoms with Gasteiger partial charge in [-0.15, -0.1) is 11.3 Å². The Balaban J connectivity index is 2.14. The van der Waals surface area contributed by atoms with Gasteiger partial charge < -0.3 is 5.32 Å². The van der Waals surface area contributed by atoms with Crippen molar-refractivity contribution in [3.63, 3.8) is 0 Å². The number of carbonyl (C=O) groups excluding carboxylic acids is 1. The molecule has 0 atom stereocenters. The third-order valence-corrected chi connectivity index (χ3v) is 4.49. The first-order valence-corrected chi connectivity index (χ1v) is 7.01.